The normalized spacial score (nSPS) is 15.4. The Balaban J connectivity index is 2.25. The van der Waals surface area contributed by atoms with Gasteiger partial charge in [-0.1, -0.05) is 0 Å². The van der Waals surface area contributed by atoms with Crippen LogP contribution in [-0.2, 0) is 4.79 Å². The number of hydrogen-bond donors (Lipinski definition) is 1. The van der Waals surface area contributed by atoms with Crippen LogP contribution in [0.1, 0.15) is 0 Å². The molecule has 3 nitrogen and oxygen atoms in total. The Morgan fingerprint density at radius 2 is 1.40 bits per heavy atom. The van der Waals surface area contributed by atoms with Crippen molar-refractivity contribution in [3.63, 3.8) is 0 Å². The van der Waals surface area contributed by atoms with Crippen LogP contribution in [0.2, 0.25) is 0 Å². The van der Waals surface area contributed by atoms with Crippen molar-refractivity contribution in [2.75, 3.05) is 5.32 Å². The average Bonchev–Trinajstić information content (AvgIpc) is 2.53. The maximum Gasteiger partial charge on any atom is 0.339 e. The first kappa shape index (κ1) is 17.7. The van der Waals surface area contributed by atoms with Crippen molar-refractivity contribution in [2.45, 2.75) is 4.52 Å². The van der Waals surface area contributed by atoms with Gasteiger partial charge in [-0.2, -0.15) is 0 Å². The fourth-order valence-corrected chi connectivity index (χ4v) is 2.41. The van der Waals surface area contributed by atoms with Crippen LogP contribution in [0.25, 0.3) is 11.1 Å². The molecule has 0 fully saturated rings. The van der Waals surface area contributed by atoms with Gasteiger partial charge in [0.1, 0.15) is 11.6 Å². The number of ether oxygens (including phenoxy) is 1. The summed E-state index contributed by atoms with van der Waals surface area (Å²) in [5.74, 6) is -14.2. The second-order valence-corrected chi connectivity index (χ2v) is 6.10. The molecule has 0 radical (unpaired) electrons. The number of fused-ring (bicyclic) bond motifs is 1. The molecule has 1 aliphatic heterocycles. The average molecular weight is 402 g/mol. The fraction of sp³-hybridized carbons (Fsp3) is 0.0714. The quantitative estimate of drug-likeness (QED) is 0.327. The Hall–Kier alpha value is -2.13. The van der Waals surface area contributed by atoms with Gasteiger partial charge >= 0.3 is 10.4 Å². The highest BCUT2D eigenvalue weighted by atomic mass is 35.5. The van der Waals surface area contributed by atoms with Crippen molar-refractivity contribution >= 4 is 34.8 Å². The number of carbonyl (C=O) groups excluding carboxylic acids is 1. The molecule has 0 unspecified atom stereocenters. The van der Waals surface area contributed by atoms with Crippen molar-refractivity contribution in [1.82, 2.24) is 0 Å². The van der Waals surface area contributed by atoms with Crippen LogP contribution < -0.4 is 10.1 Å². The number of benzene rings is 2. The van der Waals surface area contributed by atoms with E-state index in [-0.39, 0.29) is 5.69 Å². The van der Waals surface area contributed by atoms with E-state index in [2.05, 4.69) is 5.32 Å². The number of alkyl halides is 2. The first-order valence-corrected chi connectivity index (χ1v) is 7.03. The van der Waals surface area contributed by atoms with Gasteiger partial charge in [0.05, 0.1) is 11.3 Å². The lowest BCUT2D eigenvalue weighted by atomic mass is 10.0. The van der Waals surface area contributed by atoms with Crippen LogP contribution in [0.15, 0.2) is 12.1 Å². The van der Waals surface area contributed by atoms with Gasteiger partial charge in [0.2, 0.25) is 5.82 Å². The summed E-state index contributed by atoms with van der Waals surface area (Å²) in [5.41, 5.74) is -2.83. The summed E-state index contributed by atoms with van der Waals surface area (Å²) in [6.07, 6.45) is 0. The molecule has 11 heteroatoms. The first-order chi connectivity index (χ1) is 11.5. The van der Waals surface area contributed by atoms with Crippen molar-refractivity contribution in [3.8, 4) is 16.9 Å². The molecule has 0 aliphatic carbocycles. The number of anilines is 1. The summed E-state index contributed by atoms with van der Waals surface area (Å²) in [5, 5.41) is 2.07. The van der Waals surface area contributed by atoms with E-state index in [1.807, 2.05) is 0 Å². The lowest BCUT2D eigenvalue weighted by Gasteiger charge is -2.28. The maximum atomic E-state index is 14.2. The van der Waals surface area contributed by atoms with Crippen LogP contribution >= 0.6 is 23.2 Å². The molecule has 2 aromatic rings. The van der Waals surface area contributed by atoms with E-state index in [0.29, 0.717) is 12.1 Å². The third kappa shape index (κ3) is 2.67. The zero-order valence-electron chi connectivity index (χ0n) is 11.5. The molecule has 0 saturated heterocycles. The lowest BCUT2D eigenvalue weighted by Crippen LogP contribution is -2.41. The number of amides is 1. The molecule has 3 rings (SSSR count). The Morgan fingerprint density at radius 3 is 1.96 bits per heavy atom. The number of hydrogen-bond acceptors (Lipinski definition) is 2. The number of nitrogens with one attached hydrogen (secondary N) is 1. The van der Waals surface area contributed by atoms with Crippen LogP contribution in [0, 0.1) is 34.9 Å². The van der Waals surface area contributed by atoms with Crippen LogP contribution in [0.3, 0.4) is 0 Å². The smallest absolute Gasteiger partial charge is 0.339 e. The molecule has 1 amide bonds. The van der Waals surface area contributed by atoms with Crippen molar-refractivity contribution in [2.24, 2.45) is 0 Å². The SMILES string of the molecule is O=C1Nc2cc(-c3c(F)c(F)c(F)c(F)c3F)c(F)cc2OC1(Cl)Cl. The van der Waals surface area contributed by atoms with Gasteiger partial charge in [0.25, 0.3) is 0 Å². The van der Waals surface area contributed by atoms with Crippen molar-refractivity contribution in [1.29, 1.82) is 0 Å². The molecule has 1 heterocycles. The highest BCUT2D eigenvalue weighted by Gasteiger charge is 2.42. The minimum absolute atomic E-state index is 0.331. The molecule has 0 saturated carbocycles. The molecule has 0 spiro atoms. The zero-order valence-corrected chi connectivity index (χ0v) is 13.0. The van der Waals surface area contributed by atoms with Gasteiger partial charge < -0.3 is 10.1 Å². The standard InChI is InChI=1S/C14H3Cl2F6NO2/c15-14(16)13(24)23-5-1-3(4(17)2-6(5)25-14)7-8(18)10(20)12(22)11(21)9(7)19/h1-2H,(H,23,24). The van der Waals surface area contributed by atoms with Gasteiger partial charge in [0.15, 0.2) is 23.3 Å². The molecule has 0 atom stereocenters. The lowest BCUT2D eigenvalue weighted by molar-refractivity contribution is -0.122. The van der Waals surface area contributed by atoms with E-state index >= 15 is 0 Å². The largest absolute Gasteiger partial charge is 0.448 e. The van der Waals surface area contributed by atoms with E-state index < -0.39 is 62.2 Å². The van der Waals surface area contributed by atoms with E-state index in [1.165, 1.54) is 0 Å². The molecule has 1 aliphatic rings. The van der Waals surface area contributed by atoms with Gasteiger partial charge in [0, 0.05) is 11.6 Å². The molecule has 2 aromatic carbocycles. The third-order valence-corrected chi connectivity index (χ3v) is 3.80. The summed E-state index contributed by atoms with van der Waals surface area (Å²) in [7, 11) is 0. The van der Waals surface area contributed by atoms with Gasteiger partial charge in [-0.3, -0.25) is 4.79 Å². The number of halogens is 8. The van der Waals surface area contributed by atoms with Gasteiger partial charge in [-0.05, 0) is 29.3 Å². The van der Waals surface area contributed by atoms with E-state index in [1.54, 1.807) is 0 Å². The minimum Gasteiger partial charge on any atom is -0.448 e. The summed E-state index contributed by atoms with van der Waals surface area (Å²) >= 11 is 11.0. The molecule has 1 N–H and O–H groups in total. The van der Waals surface area contributed by atoms with E-state index in [9.17, 15) is 31.1 Å². The zero-order chi connectivity index (χ0) is 18.7. The monoisotopic (exact) mass is 401 g/mol. The first-order valence-electron chi connectivity index (χ1n) is 6.28. The Labute approximate surface area is 145 Å². The van der Waals surface area contributed by atoms with Crippen LogP contribution in [-0.4, -0.2) is 10.4 Å². The number of carbonyl (C=O) groups is 1. The molecule has 132 valence electrons. The Bertz CT molecular complexity index is 905. The topological polar surface area (TPSA) is 38.3 Å². The second-order valence-electron chi connectivity index (χ2n) is 4.85. The molecule has 0 bridgehead atoms. The molecular formula is C14H3Cl2F6NO2. The van der Waals surface area contributed by atoms with Gasteiger partial charge in [-0.15, -0.1) is 0 Å². The molecule has 0 aromatic heterocycles. The second kappa shape index (κ2) is 5.70. The van der Waals surface area contributed by atoms with E-state index in [4.69, 9.17) is 27.9 Å². The van der Waals surface area contributed by atoms with E-state index in [0.717, 1.165) is 0 Å². The Kier molecular flexibility index (Phi) is 4.03. The van der Waals surface area contributed by atoms with Crippen molar-refractivity contribution < 1.29 is 35.9 Å². The minimum atomic E-state index is -2.39. The highest BCUT2D eigenvalue weighted by molar-refractivity contribution is 6.58. The predicted molar refractivity (Wildman–Crippen MR) is 75.3 cm³/mol. The summed E-state index contributed by atoms with van der Waals surface area (Å²) in [4.78, 5) is 11.6. The summed E-state index contributed by atoms with van der Waals surface area (Å²) < 4.78 is 84.0. The third-order valence-electron chi connectivity index (χ3n) is 3.30. The fourth-order valence-electron chi connectivity index (χ4n) is 2.15. The maximum absolute atomic E-state index is 14.2. The van der Waals surface area contributed by atoms with Crippen LogP contribution in [0.4, 0.5) is 32.0 Å². The Morgan fingerprint density at radius 1 is 0.880 bits per heavy atom. The summed E-state index contributed by atoms with van der Waals surface area (Å²) in [6.45, 7) is 0. The molecular weight excluding hydrogens is 399 g/mol. The predicted octanol–water partition coefficient (Wildman–Crippen LogP) is 4.65. The van der Waals surface area contributed by atoms with Crippen molar-refractivity contribution in [3.05, 3.63) is 47.0 Å². The molecule has 25 heavy (non-hydrogen) atoms. The summed E-state index contributed by atoms with van der Waals surface area (Å²) in [6, 6.07) is 1.16. The number of rotatable bonds is 1. The highest BCUT2D eigenvalue weighted by Crippen LogP contribution is 2.42. The van der Waals surface area contributed by atoms with Crippen LogP contribution in [0.5, 0.6) is 5.75 Å². The van der Waals surface area contributed by atoms with Gasteiger partial charge in [-0.25, -0.2) is 26.3 Å².